The molecule has 1 saturated heterocycles. The van der Waals surface area contributed by atoms with Gasteiger partial charge in [-0.25, -0.2) is 0 Å². The van der Waals surface area contributed by atoms with Gasteiger partial charge in [0.2, 0.25) is 0 Å². The van der Waals surface area contributed by atoms with Crippen LogP contribution < -0.4 is 0 Å². The predicted octanol–water partition coefficient (Wildman–Crippen LogP) is 4.05. The summed E-state index contributed by atoms with van der Waals surface area (Å²) in [5, 5.41) is 13.1. The number of aromatic nitrogens is 4. The van der Waals surface area contributed by atoms with Crippen molar-refractivity contribution < 1.29 is 0 Å². The van der Waals surface area contributed by atoms with E-state index in [9.17, 15) is 0 Å². The maximum absolute atomic E-state index is 4.86. The van der Waals surface area contributed by atoms with Crippen LogP contribution in [0.1, 0.15) is 35.0 Å². The fourth-order valence-electron chi connectivity index (χ4n) is 5.09. The molecule has 180 valence electrons. The average Bonchev–Trinajstić information content (AvgIpc) is 3.35. The number of benzene rings is 2. The van der Waals surface area contributed by atoms with Crippen molar-refractivity contribution in [3.05, 3.63) is 89.3 Å². The fraction of sp³-hybridized carbons (Fsp3) is 0.357. The van der Waals surface area contributed by atoms with Crippen LogP contribution in [-0.2, 0) is 0 Å². The summed E-state index contributed by atoms with van der Waals surface area (Å²) in [5.41, 5.74) is 4.64. The second-order valence-electron chi connectivity index (χ2n) is 9.31. The Morgan fingerprint density at radius 2 is 1.74 bits per heavy atom. The molecule has 2 aliphatic heterocycles. The van der Waals surface area contributed by atoms with Crippen LogP contribution in [0.15, 0.2) is 71.8 Å². The number of aliphatic imine (C=N–C) groups is 1. The van der Waals surface area contributed by atoms with Crippen molar-refractivity contribution in [2.75, 3.05) is 32.7 Å². The lowest BCUT2D eigenvalue weighted by atomic mass is 9.99. The molecule has 0 N–H and O–H groups in total. The van der Waals surface area contributed by atoms with Crippen LogP contribution in [-0.4, -0.2) is 75.0 Å². The molecule has 3 aromatic rings. The zero-order valence-electron chi connectivity index (χ0n) is 20.5. The van der Waals surface area contributed by atoms with Crippen molar-refractivity contribution in [1.29, 1.82) is 0 Å². The normalized spacial score (nSPS) is 20.0. The van der Waals surface area contributed by atoms with Crippen LogP contribution >= 0.6 is 0 Å². The van der Waals surface area contributed by atoms with Crippen LogP contribution in [0, 0.1) is 13.8 Å². The Hall–Kier alpha value is -3.42. The van der Waals surface area contributed by atoms with Gasteiger partial charge in [-0.2, -0.15) is 4.68 Å². The van der Waals surface area contributed by atoms with Gasteiger partial charge in [-0.1, -0.05) is 66.8 Å². The van der Waals surface area contributed by atoms with E-state index in [1.54, 1.807) is 0 Å². The van der Waals surface area contributed by atoms with Gasteiger partial charge in [-0.3, -0.25) is 14.8 Å². The fourth-order valence-corrected chi connectivity index (χ4v) is 5.09. The zero-order chi connectivity index (χ0) is 24.0. The summed E-state index contributed by atoms with van der Waals surface area (Å²) in [6.45, 7) is 9.12. The number of tetrazole rings is 1. The van der Waals surface area contributed by atoms with Crippen LogP contribution in [0.3, 0.4) is 0 Å². The molecule has 1 aromatic heterocycles. The largest absolute Gasteiger partial charge is 0.297 e. The molecule has 0 aliphatic carbocycles. The van der Waals surface area contributed by atoms with Gasteiger partial charge in [-0.15, -0.1) is 5.10 Å². The minimum atomic E-state index is 0.0206. The van der Waals surface area contributed by atoms with Crippen molar-refractivity contribution >= 4 is 12.3 Å². The highest BCUT2D eigenvalue weighted by atomic mass is 15.6. The van der Waals surface area contributed by atoms with Gasteiger partial charge in [0, 0.05) is 38.9 Å². The summed E-state index contributed by atoms with van der Waals surface area (Å²) in [5.74, 6) is 0.872. The number of nitrogens with zero attached hydrogens (tertiary/aromatic N) is 7. The molecule has 35 heavy (non-hydrogen) atoms. The Balaban J connectivity index is 1.35. The number of aryl methyl sites for hydroxylation is 2. The van der Waals surface area contributed by atoms with E-state index < -0.39 is 0 Å². The van der Waals surface area contributed by atoms with Gasteiger partial charge >= 0.3 is 0 Å². The van der Waals surface area contributed by atoms with Crippen LogP contribution in [0.25, 0.3) is 11.8 Å². The number of para-hydroxylation sites is 1. The molecule has 2 aliphatic rings. The molecule has 1 unspecified atom stereocenters. The van der Waals surface area contributed by atoms with Gasteiger partial charge in [-0.05, 0) is 53.5 Å². The highest BCUT2D eigenvalue weighted by Crippen LogP contribution is 2.31. The summed E-state index contributed by atoms with van der Waals surface area (Å²) in [6.07, 6.45) is 11.5. The second-order valence-corrected chi connectivity index (χ2v) is 9.31. The molecule has 0 bridgehead atoms. The van der Waals surface area contributed by atoms with Crippen molar-refractivity contribution in [3.8, 4) is 5.69 Å². The summed E-state index contributed by atoms with van der Waals surface area (Å²) in [7, 11) is 0. The second kappa shape index (κ2) is 10.9. The van der Waals surface area contributed by atoms with E-state index in [1.165, 1.54) is 16.7 Å². The van der Waals surface area contributed by atoms with E-state index in [-0.39, 0.29) is 12.1 Å². The molecule has 5 rings (SSSR count). The first kappa shape index (κ1) is 23.3. The first-order valence-electron chi connectivity index (χ1n) is 12.4. The van der Waals surface area contributed by atoms with Gasteiger partial charge < -0.3 is 0 Å². The molecule has 7 nitrogen and oxygen atoms in total. The topological polar surface area (TPSA) is 62.4 Å². The Bertz CT molecular complexity index is 1180. The highest BCUT2D eigenvalue weighted by molar-refractivity contribution is 5.72. The van der Waals surface area contributed by atoms with Gasteiger partial charge in [0.1, 0.15) is 0 Å². The van der Waals surface area contributed by atoms with Crippen molar-refractivity contribution in [2.24, 2.45) is 4.99 Å². The van der Waals surface area contributed by atoms with E-state index in [4.69, 9.17) is 4.99 Å². The average molecular weight is 468 g/mol. The third-order valence-corrected chi connectivity index (χ3v) is 6.92. The summed E-state index contributed by atoms with van der Waals surface area (Å²) in [4.78, 5) is 9.88. The maximum Gasteiger partial charge on any atom is 0.176 e. The Kier molecular flexibility index (Phi) is 7.25. The standard InChI is InChI=1S/C28H33N7/c1-22-10-8-11-23(2)26(22)35-28(30-31-32-35)27(25-15-6-7-16-29-25)34-20-18-33(19-21-34)17-9-14-24-12-4-3-5-13-24/h3-14,16,25,27H,15,17-21H2,1-2H3/b14-9+/t25?,27-/m0/s1. The van der Waals surface area contributed by atoms with Crippen LogP contribution in [0.5, 0.6) is 0 Å². The molecular formula is C28H33N7. The SMILES string of the molecule is Cc1cccc(C)c1-n1nnnc1[C@H](C1CC=CC=N1)N1CCN(C/C=C/c2ccccc2)CC1. The first-order valence-corrected chi connectivity index (χ1v) is 12.4. The molecule has 1 fully saturated rings. The van der Waals surface area contributed by atoms with Gasteiger partial charge in [0.05, 0.1) is 17.8 Å². The Morgan fingerprint density at radius 1 is 0.971 bits per heavy atom. The molecule has 2 aromatic carbocycles. The Labute approximate surface area is 207 Å². The van der Waals surface area contributed by atoms with E-state index in [2.05, 4.69) is 106 Å². The lowest BCUT2D eigenvalue weighted by Crippen LogP contribution is -2.50. The van der Waals surface area contributed by atoms with Crippen molar-refractivity contribution in [3.63, 3.8) is 0 Å². The third kappa shape index (κ3) is 5.31. The number of hydrogen-bond acceptors (Lipinski definition) is 6. The summed E-state index contributed by atoms with van der Waals surface area (Å²) < 4.78 is 1.94. The molecular weight excluding hydrogens is 434 g/mol. The van der Waals surface area contributed by atoms with Crippen molar-refractivity contribution in [1.82, 2.24) is 30.0 Å². The monoisotopic (exact) mass is 467 g/mol. The minimum Gasteiger partial charge on any atom is -0.297 e. The molecule has 2 atom stereocenters. The van der Waals surface area contributed by atoms with Gasteiger partial charge in [0.15, 0.2) is 5.82 Å². The van der Waals surface area contributed by atoms with E-state index in [0.717, 1.165) is 50.7 Å². The molecule has 0 spiro atoms. The number of rotatable bonds is 7. The molecule has 0 saturated carbocycles. The van der Waals surface area contributed by atoms with Crippen LogP contribution in [0.2, 0.25) is 0 Å². The minimum absolute atomic E-state index is 0.0206. The predicted molar refractivity (Wildman–Crippen MR) is 141 cm³/mol. The van der Waals surface area contributed by atoms with Crippen molar-refractivity contribution in [2.45, 2.75) is 32.4 Å². The first-order chi connectivity index (χ1) is 17.2. The number of hydrogen-bond donors (Lipinski definition) is 0. The molecule has 0 amide bonds. The lowest BCUT2D eigenvalue weighted by molar-refractivity contribution is 0.0860. The van der Waals surface area contributed by atoms with E-state index >= 15 is 0 Å². The number of allylic oxidation sites excluding steroid dienone is 1. The number of piperazine rings is 1. The maximum atomic E-state index is 4.86. The molecule has 7 heteroatoms. The number of dihydropyridines is 1. The smallest absolute Gasteiger partial charge is 0.176 e. The lowest BCUT2D eigenvalue weighted by Gasteiger charge is -2.40. The quantitative estimate of drug-likeness (QED) is 0.525. The summed E-state index contributed by atoms with van der Waals surface area (Å²) in [6, 6.07) is 16.9. The summed E-state index contributed by atoms with van der Waals surface area (Å²) >= 11 is 0. The third-order valence-electron chi connectivity index (χ3n) is 6.92. The zero-order valence-corrected chi connectivity index (χ0v) is 20.5. The van der Waals surface area contributed by atoms with Crippen LogP contribution in [0.4, 0.5) is 0 Å². The highest BCUT2D eigenvalue weighted by Gasteiger charge is 2.35. The molecule has 3 heterocycles. The Morgan fingerprint density at radius 3 is 2.46 bits per heavy atom. The molecule has 0 radical (unpaired) electrons. The van der Waals surface area contributed by atoms with E-state index in [1.807, 2.05) is 17.0 Å². The van der Waals surface area contributed by atoms with E-state index in [0.29, 0.717) is 0 Å². The van der Waals surface area contributed by atoms with Gasteiger partial charge in [0.25, 0.3) is 0 Å².